The highest BCUT2D eigenvalue weighted by atomic mass is 28.4. The zero-order chi connectivity index (χ0) is 25.6. The van der Waals surface area contributed by atoms with E-state index in [0.717, 1.165) is 0 Å². The number of aromatic nitrogens is 2. The van der Waals surface area contributed by atoms with Crippen LogP contribution in [0.4, 0.5) is 5.82 Å². The lowest BCUT2D eigenvalue weighted by Gasteiger charge is -2.35. The molecule has 1 aliphatic heterocycles. The highest BCUT2D eigenvalue weighted by Gasteiger charge is 2.52. The quantitative estimate of drug-likeness (QED) is 0.429. The summed E-state index contributed by atoms with van der Waals surface area (Å²) in [5, 5.41) is 0. The van der Waals surface area contributed by atoms with Gasteiger partial charge in [-0.25, -0.2) is 4.79 Å². The van der Waals surface area contributed by atoms with E-state index in [1.54, 1.807) is 10.8 Å². The maximum Gasteiger partial charge on any atom is 0.351 e. The van der Waals surface area contributed by atoms with Crippen molar-refractivity contribution in [3.05, 3.63) is 22.7 Å². The van der Waals surface area contributed by atoms with Gasteiger partial charge in [0.2, 0.25) is 0 Å². The van der Waals surface area contributed by atoms with Gasteiger partial charge in [-0.2, -0.15) is 4.98 Å². The Morgan fingerprint density at radius 2 is 1.33 bits per heavy atom. The molecule has 0 radical (unpaired) electrons. The van der Waals surface area contributed by atoms with E-state index in [0.29, 0.717) is 5.82 Å². The minimum absolute atomic E-state index is 0.354. The second-order valence-electron chi connectivity index (χ2n) is 12.7. The summed E-state index contributed by atoms with van der Waals surface area (Å²) in [5.41, 5.74) is -0.354. The van der Waals surface area contributed by atoms with Crippen molar-refractivity contribution in [3.8, 4) is 0 Å². The predicted octanol–water partition coefficient (Wildman–Crippen LogP) is 4.66. The molecule has 0 spiro atoms. The van der Waals surface area contributed by atoms with Gasteiger partial charge in [0, 0.05) is 6.20 Å². The lowest BCUT2D eigenvalue weighted by atomic mass is 10.2. The van der Waals surface area contributed by atoms with Gasteiger partial charge < -0.3 is 22.6 Å². The molecule has 33 heavy (non-hydrogen) atoms. The zero-order valence-electron chi connectivity index (χ0n) is 22.8. The molecule has 0 N–H and O–H groups in total. The Hall–Kier alpha value is -0.612. The lowest BCUT2D eigenvalue weighted by Crippen LogP contribution is -2.50. The summed E-state index contributed by atoms with van der Waals surface area (Å²) < 4.78 is 29.7. The van der Waals surface area contributed by atoms with Crippen LogP contribution in [0.3, 0.4) is 0 Å². The highest BCUT2D eigenvalue weighted by Crippen LogP contribution is 2.38. The molecule has 1 aromatic rings. The van der Waals surface area contributed by atoms with Crippen LogP contribution in [-0.2, 0) is 18.0 Å². The molecule has 2 rings (SSSR count). The Bertz CT molecular complexity index is 871. The van der Waals surface area contributed by atoms with Crippen LogP contribution in [0.5, 0.6) is 0 Å². The van der Waals surface area contributed by atoms with E-state index < -0.39 is 57.9 Å². The summed E-state index contributed by atoms with van der Waals surface area (Å²) in [6, 6.07) is 1.88. The van der Waals surface area contributed by atoms with E-state index in [2.05, 4.69) is 88.1 Å². The van der Waals surface area contributed by atoms with Crippen molar-refractivity contribution in [3.63, 3.8) is 0 Å². The molecule has 4 atom stereocenters. The fourth-order valence-electron chi connectivity index (χ4n) is 3.47. The van der Waals surface area contributed by atoms with Crippen molar-refractivity contribution >= 4 is 39.0 Å². The minimum atomic E-state index is -2.00. The second kappa shape index (κ2) is 9.80. The molecule has 8 nitrogen and oxygen atoms in total. The highest BCUT2D eigenvalue weighted by molar-refractivity contribution is 6.79. The van der Waals surface area contributed by atoms with Crippen molar-refractivity contribution < 1.29 is 18.0 Å². The van der Waals surface area contributed by atoms with Crippen molar-refractivity contribution in [2.24, 2.45) is 0 Å². The van der Waals surface area contributed by atoms with Gasteiger partial charge in [-0.05, 0) is 72.0 Å². The first kappa shape index (κ1) is 28.6. The van der Waals surface area contributed by atoms with Gasteiger partial charge in [-0.1, -0.05) is 19.6 Å². The smallest absolute Gasteiger partial charge is 0.351 e. The first-order chi connectivity index (χ1) is 14.7. The molecular weight excluding hydrogens is 487 g/mol. The van der Waals surface area contributed by atoms with Crippen LogP contribution in [0.25, 0.3) is 0 Å². The molecule has 12 heteroatoms. The maximum absolute atomic E-state index is 13.2. The second-order valence-corrected chi connectivity index (χ2v) is 31.1. The molecule has 0 aromatic carbocycles. The monoisotopic (exact) mass is 531 g/mol. The third-order valence-electron chi connectivity index (χ3n) is 5.03. The van der Waals surface area contributed by atoms with E-state index in [4.69, 9.17) is 18.0 Å². The van der Waals surface area contributed by atoms with E-state index in [1.807, 2.05) is 13.1 Å². The summed E-state index contributed by atoms with van der Waals surface area (Å²) in [7, 11) is -5.57. The fourth-order valence-corrected chi connectivity index (χ4v) is 7.30. The van der Waals surface area contributed by atoms with Crippen molar-refractivity contribution in [1.29, 1.82) is 0 Å². The Morgan fingerprint density at radius 3 is 1.76 bits per heavy atom. The molecular formula is C21H45N3O5Si4. The Morgan fingerprint density at radius 1 is 0.848 bits per heavy atom. The SMILES string of the molecule is CN(c1ccn([C@H]2O[C@@H](O[Si](C)(C)C)C(O[Si](C)(C)C)C2O[Si](C)(C)C)c(=O)n1)[Si](C)(C)C. The number of nitrogens with zero attached hydrogens (tertiary/aromatic N) is 3. The van der Waals surface area contributed by atoms with E-state index in [1.165, 1.54) is 0 Å². The lowest BCUT2D eigenvalue weighted by molar-refractivity contribution is -0.128. The van der Waals surface area contributed by atoms with Crippen LogP contribution in [-0.4, -0.2) is 68.3 Å². The van der Waals surface area contributed by atoms with Crippen molar-refractivity contribution in [2.45, 2.75) is 103 Å². The summed E-state index contributed by atoms with van der Waals surface area (Å²) in [4.78, 5) is 17.6. The van der Waals surface area contributed by atoms with Gasteiger partial charge >= 0.3 is 5.69 Å². The van der Waals surface area contributed by atoms with E-state index in [-0.39, 0.29) is 5.69 Å². The standard InChI is InChI=1S/C21H45N3O5Si4/c1-23(30(2,3)4)16-14-15-24(21(25)22-16)19-17(27-31(5,6)7)18(28-32(8,9)10)20(26-19)29-33(11,12)13/h14-15,17-20H,1-13H3/t17?,18?,19-,20-/m0/s1. The fraction of sp³-hybridized carbons (Fsp3) is 0.810. The molecule has 0 amide bonds. The van der Waals surface area contributed by atoms with Gasteiger partial charge in [0.15, 0.2) is 37.5 Å². The van der Waals surface area contributed by atoms with Crippen LogP contribution < -0.4 is 10.3 Å². The Kier molecular flexibility index (Phi) is 8.50. The molecule has 1 aliphatic rings. The molecule has 0 bridgehead atoms. The molecule has 0 saturated carbocycles. The number of rotatable bonds is 9. The molecule has 1 saturated heterocycles. The number of hydrogen-bond acceptors (Lipinski definition) is 7. The first-order valence-electron chi connectivity index (χ1n) is 11.7. The number of ether oxygens (including phenoxy) is 1. The summed E-state index contributed by atoms with van der Waals surface area (Å²) in [6.45, 7) is 25.9. The van der Waals surface area contributed by atoms with Crippen LogP contribution in [0.1, 0.15) is 6.23 Å². The molecule has 2 unspecified atom stereocenters. The molecule has 1 aromatic heterocycles. The molecule has 190 valence electrons. The van der Waals surface area contributed by atoms with E-state index >= 15 is 0 Å². The Labute approximate surface area is 204 Å². The maximum atomic E-state index is 13.2. The van der Waals surface area contributed by atoms with Gasteiger partial charge in [-0.3, -0.25) is 4.57 Å². The Balaban J connectivity index is 2.53. The van der Waals surface area contributed by atoms with Gasteiger partial charge in [-0.15, -0.1) is 0 Å². The predicted molar refractivity (Wildman–Crippen MR) is 145 cm³/mol. The largest absolute Gasteiger partial charge is 0.407 e. The third kappa shape index (κ3) is 8.23. The average molecular weight is 532 g/mol. The normalized spacial score (nSPS) is 24.9. The van der Waals surface area contributed by atoms with Gasteiger partial charge in [0.1, 0.15) is 26.3 Å². The first-order valence-corrected chi connectivity index (χ1v) is 25.4. The topological polar surface area (TPSA) is 75.1 Å². The van der Waals surface area contributed by atoms with Crippen LogP contribution in [0.15, 0.2) is 17.1 Å². The van der Waals surface area contributed by atoms with Crippen molar-refractivity contribution in [2.75, 3.05) is 11.6 Å². The zero-order valence-corrected chi connectivity index (χ0v) is 26.8. The van der Waals surface area contributed by atoms with Crippen LogP contribution >= 0.6 is 0 Å². The molecule has 2 heterocycles. The van der Waals surface area contributed by atoms with E-state index in [9.17, 15) is 4.79 Å². The average Bonchev–Trinajstić information content (AvgIpc) is 2.85. The summed E-state index contributed by atoms with van der Waals surface area (Å²) in [6.07, 6.45) is -0.340. The van der Waals surface area contributed by atoms with Crippen molar-refractivity contribution in [1.82, 2.24) is 9.55 Å². The van der Waals surface area contributed by atoms with Gasteiger partial charge in [0.05, 0.1) is 0 Å². The molecule has 1 fully saturated rings. The van der Waals surface area contributed by atoms with Crippen LogP contribution in [0.2, 0.25) is 78.6 Å². The minimum Gasteiger partial charge on any atom is -0.407 e. The van der Waals surface area contributed by atoms with Crippen LogP contribution in [0, 0.1) is 0 Å². The molecule has 0 aliphatic carbocycles. The summed E-state index contributed by atoms with van der Waals surface area (Å²) >= 11 is 0. The number of anilines is 1. The third-order valence-corrected chi connectivity index (χ3v) is 10.2. The summed E-state index contributed by atoms with van der Waals surface area (Å²) in [5.74, 6) is 0.681. The van der Waals surface area contributed by atoms with Gasteiger partial charge in [0.25, 0.3) is 0 Å². The number of hydrogen-bond donors (Lipinski definition) is 0.